The van der Waals surface area contributed by atoms with Crippen LogP contribution < -0.4 is 10.6 Å². The first kappa shape index (κ1) is 20.6. The summed E-state index contributed by atoms with van der Waals surface area (Å²) in [5.41, 5.74) is 1.61. The number of hydrogen-bond acceptors (Lipinski definition) is 5. The van der Waals surface area contributed by atoms with E-state index in [9.17, 15) is 19.2 Å². The van der Waals surface area contributed by atoms with E-state index in [1.807, 2.05) is 6.07 Å². The number of amides is 2. The van der Waals surface area contributed by atoms with Crippen molar-refractivity contribution < 1.29 is 23.9 Å². The van der Waals surface area contributed by atoms with E-state index in [-0.39, 0.29) is 11.5 Å². The number of carbonyl (C=O) groups is 4. The van der Waals surface area contributed by atoms with Gasteiger partial charge in [-0.3, -0.25) is 14.4 Å². The van der Waals surface area contributed by atoms with Crippen LogP contribution in [-0.4, -0.2) is 30.2 Å². The lowest BCUT2D eigenvalue weighted by molar-refractivity contribution is -0.144. The molecule has 2 rings (SSSR count). The summed E-state index contributed by atoms with van der Waals surface area (Å²) in [7, 11) is 0. The highest BCUT2D eigenvalue weighted by molar-refractivity contribution is 6.00. The first-order chi connectivity index (χ1) is 13.3. The largest absolute Gasteiger partial charge is 0.451 e. The molecule has 7 heteroatoms. The Morgan fingerprint density at radius 3 is 2.14 bits per heavy atom. The highest BCUT2D eigenvalue weighted by Gasteiger charge is 2.15. The lowest BCUT2D eigenvalue weighted by Crippen LogP contribution is -2.28. The summed E-state index contributed by atoms with van der Waals surface area (Å²) < 4.78 is 4.99. The van der Waals surface area contributed by atoms with E-state index >= 15 is 0 Å². The summed E-state index contributed by atoms with van der Waals surface area (Å²) in [5, 5.41) is 4.96. The van der Waals surface area contributed by atoms with Gasteiger partial charge in [-0.15, -0.1) is 0 Å². The molecule has 0 fully saturated rings. The summed E-state index contributed by atoms with van der Waals surface area (Å²) in [5.74, 6) is -1.90. The molecular formula is C21H20N2O5. The van der Waals surface area contributed by atoms with E-state index < -0.39 is 24.4 Å². The van der Waals surface area contributed by atoms with E-state index in [2.05, 4.69) is 10.6 Å². The molecule has 0 aliphatic heterocycles. The minimum Gasteiger partial charge on any atom is -0.451 e. The zero-order valence-electron chi connectivity index (χ0n) is 15.5. The molecule has 0 aliphatic carbocycles. The Balaban J connectivity index is 1.97. The second-order valence-corrected chi connectivity index (χ2v) is 5.91. The summed E-state index contributed by atoms with van der Waals surface area (Å²) in [4.78, 5) is 46.8. The Hall–Kier alpha value is -3.74. The van der Waals surface area contributed by atoms with Gasteiger partial charge in [-0.1, -0.05) is 30.3 Å². The number of rotatable bonds is 7. The van der Waals surface area contributed by atoms with E-state index in [1.165, 1.54) is 19.9 Å². The lowest BCUT2D eigenvalue weighted by Gasteiger charge is -2.10. The van der Waals surface area contributed by atoms with Crippen LogP contribution in [-0.2, 0) is 19.1 Å². The van der Waals surface area contributed by atoms with Crippen LogP contribution in [0.1, 0.15) is 29.8 Å². The second-order valence-electron chi connectivity index (χ2n) is 5.91. The Bertz CT molecular complexity index is 902. The zero-order valence-corrected chi connectivity index (χ0v) is 15.5. The molecule has 0 atom stereocenters. The molecule has 144 valence electrons. The predicted octanol–water partition coefficient (Wildman–Crippen LogP) is 2.55. The molecule has 0 radical (unpaired) electrons. The molecule has 7 nitrogen and oxygen atoms in total. The molecule has 0 saturated carbocycles. The predicted molar refractivity (Wildman–Crippen MR) is 104 cm³/mol. The summed E-state index contributed by atoms with van der Waals surface area (Å²) in [6, 6.07) is 15.2. The Morgan fingerprint density at radius 2 is 1.57 bits per heavy atom. The fraction of sp³-hybridized carbons (Fsp3) is 0.143. The van der Waals surface area contributed by atoms with Crippen molar-refractivity contribution >= 4 is 35.3 Å². The number of Topliss-reactive ketones (excluding diaryl/α,β-unsaturated/α-hetero) is 1. The first-order valence-corrected chi connectivity index (χ1v) is 8.47. The molecule has 2 aromatic rings. The average molecular weight is 380 g/mol. The van der Waals surface area contributed by atoms with Crippen LogP contribution >= 0.6 is 0 Å². The van der Waals surface area contributed by atoms with E-state index in [0.717, 1.165) is 0 Å². The Morgan fingerprint density at radius 1 is 0.929 bits per heavy atom. The standard InChI is InChI=1S/C21H20N2O5/c1-14(24)17-8-10-18(11-9-17)23-20(26)13-28-21(27)19(22-15(2)25)12-16-6-4-3-5-7-16/h3-12H,13H2,1-2H3,(H,22,25)(H,23,26)/b19-12-. The number of hydrogen-bond donors (Lipinski definition) is 2. The van der Waals surface area contributed by atoms with Crippen LogP contribution in [0.3, 0.4) is 0 Å². The van der Waals surface area contributed by atoms with Gasteiger partial charge in [-0.2, -0.15) is 0 Å². The minimum atomic E-state index is -0.832. The van der Waals surface area contributed by atoms with Gasteiger partial charge in [0.25, 0.3) is 5.91 Å². The minimum absolute atomic E-state index is 0.0719. The third-order valence-electron chi connectivity index (χ3n) is 3.55. The quantitative estimate of drug-likeness (QED) is 0.437. The maximum absolute atomic E-state index is 12.2. The van der Waals surface area contributed by atoms with Gasteiger partial charge in [0.15, 0.2) is 12.4 Å². The van der Waals surface area contributed by atoms with Crippen LogP contribution in [0.4, 0.5) is 5.69 Å². The fourth-order valence-corrected chi connectivity index (χ4v) is 2.25. The van der Waals surface area contributed by atoms with Crippen LogP contribution in [0, 0.1) is 0 Å². The molecule has 0 aliphatic rings. The highest BCUT2D eigenvalue weighted by Crippen LogP contribution is 2.10. The van der Waals surface area contributed by atoms with Crippen molar-refractivity contribution in [1.29, 1.82) is 0 Å². The molecule has 2 aromatic carbocycles. The van der Waals surface area contributed by atoms with Crippen molar-refractivity contribution in [3.8, 4) is 0 Å². The zero-order chi connectivity index (χ0) is 20.5. The smallest absolute Gasteiger partial charge is 0.355 e. The van der Waals surface area contributed by atoms with Crippen LogP contribution in [0.25, 0.3) is 6.08 Å². The Kier molecular flexibility index (Phi) is 7.21. The van der Waals surface area contributed by atoms with Crippen LogP contribution in [0.2, 0.25) is 0 Å². The number of ether oxygens (including phenoxy) is 1. The molecule has 0 heterocycles. The number of ketones is 1. The molecule has 0 spiro atoms. The average Bonchev–Trinajstić information content (AvgIpc) is 2.66. The van der Waals surface area contributed by atoms with E-state index in [4.69, 9.17) is 4.74 Å². The van der Waals surface area contributed by atoms with Crippen molar-refractivity contribution in [3.05, 3.63) is 71.4 Å². The molecule has 0 unspecified atom stereocenters. The van der Waals surface area contributed by atoms with Crippen molar-refractivity contribution in [2.24, 2.45) is 0 Å². The van der Waals surface area contributed by atoms with E-state index in [0.29, 0.717) is 16.8 Å². The monoisotopic (exact) mass is 380 g/mol. The van der Waals surface area contributed by atoms with Gasteiger partial charge in [-0.25, -0.2) is 4.79 Å². The Labute approximate surface area is 162 Å². The van der Waals surface area contributed by atoms with Crippen molar-refractivity contribution in [2.75, 3.05) is 11.9 Å². The van der Waals surface area contributed by atoms with Gasteiger partial charge in [0, 0.05) is 18.2 Å². The number of anilines is 1. The van der Waals surface area contributed by atoms with Crippen LogP contribution in [0.15, 0.2) is 60.3 Å². The number of nitrogens with one attached hydrogen (secondary N) is 2. The van der Waals surface area contributed by atoms with Gasteiger partial charge in [0.1, 0.15) is 5.70 Å². The van der Waals surface area contributed by atoms with Crippen LogP contribution in [0.5, 0.6) is 0 Å². The first-order valence-electron chi connectivity index (χ1n) is 8.47. The number of carbonyl (C=O) groups excluding carboxylic acids is 4. The van der Waals surface area contributed by atoms with Gasteiger partial charge in [0.2, 0.25) is 5.91 Å². The molecule has 2 amide bonds. The maximum Gasteiger partial charge on any atom is 0.355 e. The van der Waals surface area contributed by atoms with Gasteiger partial charge < -0.3 is 15.4 Å². The number of esters is 1. The number of benzene rings is 2. The summed E-state index contributed by atoms with van der Waals surface area (Å²) >= 11 is 0. The third kappa shape index (κ3) is 6.53. The normalized spacial score (nSPS) is 10.7. The maximum atomic E-state index is 12.2. The molecule has 2 N–H and O–H groups in total. The summed E-state index contributed by atoms with van der Waals surface area (Å²) in [6.45, 7) is 2.19. The SMILES string of the molecule is CC(=O)N/C(=C\c1ccccc1)C(=O)OCC(=O)Nc1ccc(C(C)=O)cc1. The van der Waals surface area contributed by atoms with Crippen molar-refractivity contribution in [1.82, 2.24) is 5.32 Å². The van der Waals surface area contributed by atoms with E-state index in [1.54, 1.807) is 48.5 Å². The highest BCUT2D eigenvalue weighted by atomic mass is 16.5. The molecule has 28 heavy (non-hydrogen) atoms. The molecule has 0 bridgehead atoms. The van der Waals surface area contributed by atoms with Gasteiger partial charge >= 0.3 is 5.97 Å². The molecule has 0 aromatic heterocycles. The fourth-order valence-electron chi connectivity index (χ4n) is 2.25. The molecular weight excluding hydrogens is 360 g/mol. The van der Waals surface area contributed by atoms with Crippen molar-refractivity contribution in [3.63, 3.8) is 0 Å². The van der Waals surface area contributed by atoms with Gasteiger partial charge in [-0.05, 0) is 42.8 Å². The lowest BCUT2D eigenvalue weighted by atomic mass is 10.1. The second kappa shape index (κ2) is 9.82. The summed E-state index contributed by atoms with van der Waals surface area (Å²) in [6.07, 6.45) is 1.46. The van der Waals surface area contributed by atoms with Crippen molar-refractivity contribution in [2.45, 2.75) is 13.8 Å². The molecule has 0 saturated heterocycles. The van der Waals surface area contributed by atoms with Gasteiger partial charge in [0.05, 0.1) is 0 Å². The third-order valence-corrected chi connectivity index (χ3v) is 3.55. The topological polar surface area (TPSA) is 102 Å².